The van der Waals surface area contributed by atoms with E-state index in [0.29, 0.717) is 5.25 Å². The van der Waals surface area contributed by atoms with Crippen molar-refractivity contribution in [3.63, 3.8) is 0 Å². The molecule has 0 aromatic heterocycles. The molecule has 1 unspecified atom stereocenters. The molecule has 0 radical (unpaired) electrons. The molecule has 2 aliphatic heterocycles. The van der Waals surface area contributed by atoms with E-state index < -0.39 is 0 Å². The average molecular weight is 220 g/mol. The summed E-state index contributed by atoms with van der Waals surface area (Å²) in [7, 11) is 2.20. The van der Waals surface area contributed by atoms with E-state index in [4.69, 9.17) is 5.73 Å². The second-order valence-corrected chi connectivity index (χ2v) is 5.87. The van der Waals surface area contributed by atoms with E-state index in [-0.39, 0.29) is 0 Å². The van der Waals surface area contributed by atoms with Crippen LogP contribution in [0.5, 0.6) is 0 Å². The number of anilines is 1. The van der Waals surface area contributed by atoms with Crippen LogP contribution in [0.2, 0.25) is 0 Å². The van der Waals surface area contributed by atoms with Crippen molar-refractivity contribution in [3.8, 4) is 0 Å². The Labute approximate surface area is 94.8 Å². The number of aryl methyl sites for hydroxylation is 1. The minimum absolute atomic E-state index is 0.683. The lowest BCUT2D eigenvalue weighted by molar-refractivity contribution is 0.308. The van der Waals surface area contributed by atoms with Crippen molar-refractivity contribution in [2.75, 3.05) is 25.1 Å². The van der Waals surface area contributed by atoms with Crippen LogP contribution >= 0.6 is 11.8 Å². The van der Waals surface area contributed by atoms with Crippen LogP contribution in [-0.4, -0.2) is 24.2 Å². The van der Waals surface area contributed by atoms with Crippen molar-refractivity contribution in [3.05, 3.63) is 28.8 Å². The normalized spacial score (nSPS) is 25.0. The lowest BCUT2D eigenvalue weighted by Gasteiger charge is -2.36. The zero-order valence-electron chi connectivity index (χ0n) is 8.99. The SMILES string of the molecule is CN1Cc2cc(N)cc3c2C(C1)SCC3. The van der Waals surface area contributed by atoms with Crippen LogP contribution < -0.4 is 5.73 Å². The molecule has 0 saturated heterocycles. The van der Waals surface area contributed by atoms with Crippen molar-refractivity contribution < 1.29 is 0 Å². The van der Waals surface area contributed by atoms with E-state index in [0.717, 1.165) is 12.2 Å². The Hall–Kier alpha value is -0.670. The summed E-state index contributed by atoms with van der Waals surface area (Å²) in [5, 5.41) is 0.683. The summed E-state index contributed by atoms with van der Waals surface area (Å²) in [5.41, 5.74) is 11.4. The third kappa shape index (κ3) is 1.54. The van der Waals surface area contributed by atoms with Crippen molar-refractivity contribution in [1.82, 2.24) is 4.90 Å². The van der Waals surface area contributed by atoms with Gasteiger partial charge >= 0.3 is 0 Å². The second kappa shape index (κ2) is 3.42. The molecule has 1 aromatic carbocycles. The van der Waals surface area contributed by atoms with E-state index in [1.165, 1.54) is 29.8 Å². The predicted molar refractivity (Wildman–Crippen MR) is 66.1 cm³/mol. The van der Waals surface area contributed by atoms with Gasteiger partial charge in [0.15, 0.2) is 0 Å². The number of thioether (sulfide) groups is 1. The van der Waals surface area contributed by atoms with Crippen molar-refractivity contribution in [2.45, 2.75) is 18.2 Å². The summed E-state index contributed by atoms with van der Waals surface area (Å²) in [6, 6.07) is 4.34. The predicted octanol–water partition coefficient (Wildman–Crippen LogP) is 2.04. The highest BCUT2D eigenvalue weighted by molar-refractivity contribution is 7.99. The smallest absolute Gasteiger partial charge is 0.0430 e. The highest BCUT2D eigenvalue weighted by atomic mass is 32.2. The molecular formula is C12H16N2S. The highest BCUT2D eigenvalue weighted by Crippen LogP contribution is 2.42. The fraction of sp³-hybridized carbons (Fsp3) is 0.500. The maximum atomic E-state index is 5.95. The Morgan fingerprint density at radius 3 is 3.07 bits per heavy atom. The summed E-state index contributed by atoms with van der Waals surface area (Å²) in [6.07, 6.45) is 1.19. The fourth-order valence-corrected chi connectivity index (χ4v) is 4.19. The van der Waals surface area contributed by atoms with Gasteiger partial charge in [0.05, 0.1) is 0 Å². The summed E-state index contributed by atoms with van der Waals surface area (Å²) < 4.78 is 0. The number of nitrogen functional groups attached to an aromatic ring is 1. The zero-order valence-corrected chi connectivity index (χ0v) is 9.81. The topological polar surface area (TPSA) is 29.3 Å². The molecule has 2 aliphatic rings. The fourth-order valence-electron chi connectivity index (χ4n) is 2.73. The van der Waals surface area contributed by atoms with Gasteiger partial charge in [0.25, 0.3) is 0 Å². The van der Waals surface area contributed by atoms with Crippen LogP contribution in [0.25, 0.3) is 0 Å². The van der Waals surface area contributed by atoms with Crippen LogP contribution in [-0.2, 0) is 13.0 Å². The van der Waals surface area contributed by atoms with Gasteiger partial charge in [0.2, 0.25) is 0 Å². The first kappa shape index (κ1) is 9.55. The van der Waals surface area contributed by atoms with Gasteiger partial charge in [0.1, 0.15) is 0 Å². The van der Waals surface area contributed by atoms with Crippen LogP contribution in [0.4, 0.5) is 5.69 Å². The molecule has 15 heavy (non-hydrogen) atoms. The number of benzene rings is 1. The second-order valence-electron chi connectivity index (χ2n) is 4.56. The quantitative estimate of drug-likeness (QED) is 0.678. The zero-order chi connectivity index (χ0) is 10.4. The van der Waals surface area contributed by atoms with Gasteiger partial charge in [-0.2, -0.15) is 11.8 Å². The van der Waals surface area contributed by atoms with E-state index in [2.05, 4.69) is 35.8 Å². The molecular weight excluding hydrogens is 204 g/mol. The molecule has 0 spiro atoms. The van der Waals surface area contributed by atoms with Gasteiger partial charge in [-0.25, -0.2) is 0 Å². The molecule has 1 aromatic rings. The Morgan fingerprint density at radius 2 is 2.20 bits per heavy atom. The molecule has 0 fully saturated rings. The number of nitrogens with zero attached hydrogens (tertiary/aromatic N) is 1. The van der Waals surface area contributed by atoms with Gasteiger partial charge < -0.3 is 10.6 Å². The van der Waals surface area contributed by atoms with Crippen molar-refractivity contribution in [2.24, 2.45) is 0 Å². The lowest BCUT2D eigenvalue weighted by atomic mass is 9.92. The molecule has 2 nitrogen and oxygen atoms in total. The summed E-state index contributed by atoms with van der Waals surface area (Å²) in [6.45, 7) is 2.25. The van der Waals surface area contributed by atoms with E-state index in [1.54, 1.807) is 5.56 Å². The average Bonchev–Trinajstić information content (AvgIpc) is 2.16. The maximum Gasteiger partial charge on any atom is 0.0430 e. The summed E-state index contributed by atoms with van der Waals surface area (Å²) >= 11 is 2.10. The van der Waals surface area contributed by atoms with Crippen LogP contribution in [0.1, 0.15) is 21.9 Å². The monoisotopic (exact) mass is 220 g/mol. The van der Waals surface area contributed by atoms with Crippen molar-refractivity contribution in [1.29, 1.82) is 0 Å². The molecule has 3 heteroatoms. The lowest BCUT2D eigenvalue weighted by Crippen LogP contribution is -2.31. The Balaban J connectivity index is 2.16. The van der Waals surface area contributed by atoms with E-state index in [9.17, 15) is 0 Å². The number of nitrogens with two attached hydrogens (primary N) is 1. The third-order valence-electron chi connectivity index (χ3n) is 3.30. The largest absolute Gasteiger partial charge is 0.399 e. The molecule has 0 saturated carbocycles. The first-order valence-corrected chi connectivity index (χ1v) is 6.50. The third-order valence-corrected chi connectivity index (χ3v) is 4.53. The number of hydrogen-bond donors (Lipinski definition) is 1. The minimum Gasteiger partial charge on any atom is -0.399 e. The standard InChI is InChI=1S/C12H16N2S/c1-14-6-9-5-10(13)4-8-2-3-15-11(7-14)12(8)9/h4-5,11H,2-3,6-7,13H2,1H3. The highest BCUT2D eigenvalue weighted by Gasteiger charge is 2.29. The maximum absolute atomic E-state index is 5.95. The molecule has 1 atom stereocenters. The number of hydrogen-bond acceptors (Lipinski definition) is 3. The minimum atomic E-state index is 0.683. The van der Waals surface area contributed by atoms with Gasteiger partial charge in [0, 0.05) is 24.0 Å². The number of likely N-dealkylation sites (N-methyl/N-ethyl adjacent to an activating group) is 1. The van der Waals surface area contributed by atoms with Crippen LogP contribution in [0, 0.1) is 0 Å². The van der Waals surface area contributed by atoms with Gasteiger partial charge in [-0.1, -0.05) is 0 Å². The van der Waals surface area contributed by atoms with Crippen LogP contribution in [0.3, 0.4) is 0 Å². The summed E-state index contributed by atoms with van der Waals surface area (Å²) in [4.78, 5) is 2.40. The Bertz CT molecular complexity index is 403. The summed E-state index contributed by atoms with van der Waals surface area (Å²) in [5.74, 6) is 1.24. The molecule has 0 aliphatic carbocycles. The van der Waals surface area contributed by atoms with E-state index in [1.807, 2.05) is 0 Å². The molecule has 2 heterocycles. The van der Waals surface area contributed by atoms with Crippen LogP contribution in [0.15, 0.2) is 12.1 Å². The molecule has 0 bridgehead atoms. The van der Waals surface area contributed by atoms with Gasteiger partial charge in [-0.15, -0.1) is 0 Å². The molecule has 0 amide bonds. The first-order valence-electron chi connectivity index (χ1n) is 5.45. The van der Waals surface area contributed by atoms with Crippen molar-refractivity contribution >= 4 is 17.4 Å². The first-order chi connectivity index (χ1) is 7.24. The molecule has 3 rings (SSSR count). The molecule has 80 valence electrons. The molecule has 2 N–H and O–H groups in total. The number of rotatable bonds is 0. The van der Waals surface area contributed by atoms with E-state index >= 15 is 0 Å². The van der Waals surface area contributed by atoms with Gasteiger partial charge in [-0.05, 0) is 48.0 Å². The Morgan fingerprint density at radius 1 is 1.40 bits per heavy atom. The van der Waals surface area contributed by atoms with Gasteiger partial charge in [-0.3, -0.25) is 0 Å². The Kier molecular flexibility index (Phi) is 2.18.